The Morgan fingerprint density at radius 3 is 2.57 bits per heavy atom. The van der Waals surface area contributed by atoms with E-state index in [2.05, 4.69) is 11.1 Å². The Bertz CT molecular complexity index is 822. The van der Waals surface area contributed by atoms with Gasteiger partial charge in [-0.05, 0) is 30.3 Å². The van der Waals surface area contributed by atoms with Crippen molar-refractivity contribution in [1.82, 2.24) is 4.98 Å². The van der Waals surface area contributed by atoms with Gasteiger partial charge < -0.3 is 4.74 Å². The molecule has 0 aliphatic heterocycles. The van der Waals surface area contributed by atoms with Gasteiger partial charge >= 0.3 is 0 Å². The van der Waals surface area contributed by atoms with E-state index < -0.39 is 0 Å². The number of nitrogens with zero attached hydrogens (tertiary/aromatic N) is 2. The van der Waals surface area contributed by atoms with Gasteiger partial charge in [0, 0.05) is 21.4 Å². The number of ether oxygens (including phenoxy) is 1. The third kappa shape index (κ3) is 2.69. The van der Waals surface area contributed by atoms with E-state index in [4.69, 9.17) is 4.74 Å². The number of hydrogen-bond acceptors (Lipinski definition) is 4. The number of fused-ring (bicyclic) bond motifs is 1. The molecule has 3 aromatic rings. The first-order chi connectivity index (χ1) is 10.3. The van der Waals surface area contributed by atoms with Crippen LogP contribution >= 0.6 is 11.8 Å². The molecule has 0 saturated heterocycles. The highest BCUT2D eigenvalue weighted by Gasteiger charge is 2.10. The van der Waals surface area contributed by atoms with Gasteiger partial charge in [0.25, 0.3) is 0 Å². The van der Waals surface area contributed by atoms with Crippen LogP contribution in [0.2, 0.25) is 0 Å². The molecule has 0 saturated carbocycles. The second kappa shape index (κ2) is 5.86. The number of para-hydroxylation sites is 1. The molecule has 0 unspecified atom stereocenters. The summed E-state index contributed by atoms with van der Waals surface area (Å²) in [4.78, 5) is 6.32. The molecule has 0 aliphatic carbocycles. The Labute approximate surface area is 127 Å². The van der Waals surface area contributed by atoms with Crippen molar-refractivity contribution in [2.75, 3.05) is 7.11 Å². The summed E-state index contributed by atoms with van der Waals surface area (Å²) in [6.45, 7) is 0. The molecule has 0 fully saturated rings. The van der Waals surface area contributed by atoms with E-state index in [0.29, 0.717) is 5.56 Å². The third-order valence-corrected chi connectivity index (χ3v) is 4.28. The summed E-state index contributed by atoms with van der Waals surface area (Å²) < 4.78 is 5.16. The Hall–Kier alpha value is -2.51. The van der Waals surface area contributed by atoms with Crippen LogP contribution < -0.4 is 4.74 Å². The van der Waals surface area contributed by atoms with Crippen molar-refractivity contribution in [3.05, 3.63) is 60.3 Å². The average molecular weight is 292 g/mol. The second-order valence-electron chi connectivity index (χ2n) is 4.41. The fraction of sp³-hybridized carbons (Fsp3) is 0.0588. The zero-order valence-electron chi connectivity index (χ0n) is 11.4. The molecule has 3 nitrogen and oxygen atoms in total. The molecule has 0 spiro atoms. The van der Waals surface area contributed by atoms with Crippen molar-refractivity contribution < 1.29 is 4.74 Å². The van der Waals surface area contributed by atoms with Gasteiger partial charge in [-0.15, -0.1) is 0 Å². The standard InChI is InChI=1S/C17H12N2OS/c1-20-13-6-8-14(9-7-13)21-17-12(10-18)11-19-16-5-3-2-4-15(16)17/h2-9,11H,1H3. The summed E-state index contributed by atoms with van der Waals surface area (Å²) in [7, 11) is 1.65. The van der Waals surface area contributed by atoms with Crippen molar-refractivity contribution in [2.24, 2.45) is 0 Å². The smallest absolute Gasteiger partial charge is 0.118 e. The quantitative estimate of drug-likeness (QED) is 0.723. The van der Waals surface area contributed by atoms with Crippen molar-refractivity contribution in [3.8, 4) is 11.8 Å². The van der Waals surface area contributed by atoms with E-state index in [1.165, 1.54) is 0 Å². The molecule has 0 aliphatic rings. The number of rotatable bonds is 3. The summed E-state index contributed by atoms with van der Waals surface area (Å²) in [5, 5.41) is 10.3. The molecular formula is C17H12N2OS. The first-order valence-corrected chi connectivity index (χ1v) is 7.23. The van der Waals surface area contributed by atoms with Gasteiger partial charge in [-0.1, -0.05) is 30.0 Å². The van der Waals surface area contributed by atoms with E-state index in [1.54, 1.807) is 25.1 Å². The van der Waals surface area contributed by atoms with Crippen LogP contribution in [-0.4, -0.2) is 12.1 Å². The molecular weight excluding hydrogens is 280 g/mol. The predicted octanol–water partition coefficient (Wildman–Crippen LogP) is 4.27. The highest BCUT2D eigenvalue weighted by atomic mass is 32.2. The fourth-order valence-electron chi connectivity index (χ4n) is 2.07. The van der Waals surface area contributed by atoms with Gasteiger partial charge in [-0.25, -0.2) is 0 Å². The van der Waals surface area contributed by atoms with E-state index in [1.807, 2.05) is 48.5 Å². The highest BCUT2D eigenvalue weighted by molar-refractivity contribution is 7.99. The van der Waals surface area contributed by atoms with Crippen LogP contribution in [0.1, 0.15) is 5.56 Å². The van der Waals surface area contributed by atoms with Crippen molar-refractivity contribution >= 4 is 22.7 Å². The molecule has 0 atom stereocenters. The Balaban J connectivity index is 2.08. The van der Waals surface area contributed by atoms with Crippen molar-refractivity contribution in [3.63, 3.8) is 0 Å². The molecule has 0 radical (unpaired) electrons. The first-order valence-electron chi connectivity index (χ1n) is 6.41. The number of methoxy groups -OCH3 is 1. The third-order valence-electron chi connectivity index (χ3n) is 3.13. The minimum atomic E-state index is 0.592. The van der Waals surface area contributed by atoms with Crippen LogP contribution in [0, 0.1) is 11.3 Å². The van der Waals surface area contributed by atoms with Crippen LogP contribution in [0.5, 0.6) is 5.75 Å². The van der Waals surface area contributed by atoms with E-state index >= 15 is 0 Å². The van der Waals surface area contributed by atoms with E-state index in [9.17, 15) is 5.26 Å². The first kappa shape index (κ1) is 13.5. The lowest BCUT2D eigenvalue weighted by molar-refractivity contribution is 0.414. The predicted molar refractivity (Wildman–Crippen MR) is 83.6 cm³/mol. The van der Waals surface area contributed by atoms with Crippen molar-refractivity contribution in [1.29, 1.82) is 5.26 Å². The fourth-order valence-corrected chi connectivity index (χ4v) is 3.07. The second-order valence-corrected chi connectivity index (χ2v) is 5.49. The zero-order chi connectivity index (χ0) is 14.7. The minimum absolute atomic E-state index is 0.592. The SMILES string of the molecule is COc1ccc(Sc2c(C#N)cnc3ccccc23)cc1. The van der Waals surface area contributed by atoms with Crippen molar-refractivity contribution in [2.45, 2.75) is 9.79 Å². The van der Waals surface area contributed by atoms with Gasteiger partial charge in [0.1, 0.15) is 11.8 Å². The maximum atomic E-state index is 9.31. The number of benzene rings is 2. The Morgan fingerprint density at radius 2 is 1.86 bits per heavy atom. The molecule has 1 aromatic heterocycles. The van der Waals surface area contributed by atoms with Crippen LogP contribution in [-0.2, 0) is 0 Å². The zero-order valence-corrected chi connectivity index (χ0v) is 12.2. The Kier molecular flexibility index (Phi) is 3.76. The lowest BCUT2D eigenvalue weighted by Gasteiger charge is -2.08. The number of aromatic nitrogens is 1. The largest absolute Gasteiger partial charge is 0.497 e. The van der Waals surface area contributed by atoms with Gasteiger partial charge in [0.05, 0.1) is 18.2 Å². The molecule has 0 amide bonds. The highest BCUT2D eigenvalue weighted by Crippen LogP contribution is 2.35. The summed E-state index contributed by atoms with van der Waals surface area (Å²) >= 11 is 1.57. The monoisotopic (exact) mass is 292 g/mol. The molecule has 1 heterocycles. The van der Waals surface area contributed by atoms with E-state index in [-0.39, 0.29) is 0 Å². The van der Waals surface area contributed by atoms with Gasteiger partial charge in [0.2, 0.25) is 0 Å². The average Bonchev–Trinajstić information content (AvgIpc) is 2.56. The maximum absolute atomic E-state index is 9.31. The molecule has 21 heavy (non-hydrogen) atoms. The maximum Gasteiger partial charge on any atom is 0.118 e. The molecule has 2 aromatic carbocycles. The molecule has 0 bridgehead atoms. The normalized spacial score (nSPS) is 10.3. The Morgan fingerprint density at radius 1 is 1.10 bits per heavy atom. The van der Waals surface area contributed by atoms with Crippen LogP contribution in [0.4, 0.5) is 0 Å². The minimum Gasteiger partial charge on any atom is -0.497 e. The van der Waals surface area contributed by atoms with Crippen LogP contribution in [0.25, 0.3) is 10.9 Å². The molecule has 0 N–H and O–H groups in total. The number of nitriles is 1. The summed E-state index contributed by atoms with van der Waals surface area (Å²) in [5.41, 5.74) is 1.49. The lowest BCUT2D eigenvalue weighted by atomic mass is 10.2. The van der Waals surface area contributed by atoms with E-state index in [0.717, 1.165) is 26.4 Å². The van der Waals surface area contributed by atoms with Crippen LogP contribution in [0.3, 0.4) is 0 Å². The lowest BCUT2D eigenvalue weighted by Crippen LogP contribution is -1.88. The summed E-state index contributed by atoms with van der Waals surface area (Å²) in [5.74, 6) is 0.819. The molecule has 4 heteroatoms. The molecule has 102 valence electrons. The van der Waals surface area contributed by atoms with Gasteiger partial charge in [-0.2, -0.15) is 5.26 Å². The topological polar surface area (TPSA) is 45.9 Å². The van der Waals surface area contributed by atoms with Gasteiger partial charge in [0.15, 0.2) is 0 Å². The number of pyridine rings is 1. The van der Waals surface area contributed by atoms with Gasteiger partial charge in [-0.3, -0.25) is 4.98 Å². The molecule has 3 rings (SSSR count). The summed E-state index contributed by atoms with van der Waals surface area (Å²) in [6, 6.07) is 17.9. The van der Waals surface area contributed by atoms with Crippen LogP contribution in [0.15, 0.2) is 64.5 Å². The summed E-state index contributed by atoms with van der Waals surface area (Å²) in [6.07, 6.45) is 1.63. The number of hydrogen-bond donors (Lipinski definition) is 0.